The first-order valence-electron chi connectivity index (χ1n) is 14.2. The Balaban J connectivity index is 1.44. The van der Waals surface area contributed by atoms with Crippen molar-refractivity contribution in [2.75, 3.05) is 13.2 Å². The molecule has 0 aromatic carbocycles. The second kappa shape index (κ2) is 10.9. The van der Waals surface area contributed by atoms with Gasteiger partial charge in [-0.3, -0.25) is 4.55 Å². The van der Waals surface area contributed by atoms with Crippen LogP contribution in [0.2, 0.25) is 0 Å². The van der Waals surface area contributed by atoms with Gasteiger partial charge in [-0.15, -0.1) is 0 Å². The molecule has 4 aliphatic rings. The Kier molecular flexibility index (Phi) is 8.75. The van der Waals surface area contributed by atoms with Crippen LogP contribution < -0.4 is 0 Å². The van der Waals surface area contributed by atoms with Crippen LogP contribution in [0.4, 0.5) is 0 Å². The van der Waals surface area contributed by atoms with E-state index in [0.717, 1.165) is 25.7 Å². The maximum Gasteiger partial charge on any atom is 0.397 e. The number of hydrogen-bond acceptors (Lipinski definition) is 8. The SMILES string of the molecule is C[C@H](CCCC(CO)COS(=O)(=O)O)[C@H]1CC[C@H]2[C@@H]3[C@H](O)C[C@@H]4C[C@H](O)[C@@H](O)C[C@]4(C)[C@H]3C[C@H](O)[C@]12C. The van der Waals surface area contributed by atoms with Gasteiger partial charge in [0.05, 0.1) is 31.0 Å². The molecule has 4 saturated carbocycles. The highest BCUT2D eigenvalue weighted by molar-refractivity contribution is 7.80. The molecule has 0 aliphatic heterocycles. The van der Waals surface area contributed by atoms with E-state index in [9.17, 15) is 34.0 Å². The van der Waals surface area contributed by atoms with Crippen LogP contribution in [0.15, 0.2) is 0 Å². The predicted octanol–water partition coefficient (Wildman–Crippen LogP) is 2.15. The van der Waals surface area contributed by atoms with E-state index in [0.29, 0.717) is 38.0 Å². The van der Waals surface area contributed by atoms with Crippen molar-refractivity contribution < 1.29 is 42.7 Å². The molecule has 6 N–H and O–H groups in total. The van der Waals surface area contributed by atoms with E-state index in [2.05, 4.69) is 25.0 Å². The number of fused-ring (bicyclic) bond motifs is 5. The Labute approximate surface area is 221 Å². The summed E-state index contributed by atoms with van der Waals surface area (Å²) in [5.41, 5.74) is -0.528. The quantitative estimate of drug-likeness (QED) is 0.237. The van der Waals surface area contributed by atoms with Crippen molar-refractivity contribution in [3.8, 4) is 0 Å². The van der Waals surface area contributed by atoms with Crippen molar-refractivity contribution in [1.82, 2.24) is 0 Å². The van der Waals surface area contributed by atoms with Gasteiger partial charge in [0.1, 0.15) is 0 Å². The molecule has 37 heavy (non-hydrogen) atoms. The Morgan fingerprint density at radius 2 is 1.62 bits per heavy atom. The lowest BCUT2D eigenvalue weighted by molar-refractivity contribution is -0.219. The third-order valence-corrected chi connectivity index (χ3v) is 12.0. The van der Waals surface area contributed by atoms with Crippen LogP contribution in [-0.4, -0.2) is 76.1 Å². The summed E-state index contributed by atoms with van der Waals surface area (Å²) in [6, 6.07) is 0. The van der Waals surface area contributed by atoms with E-state index in [1.165, 1.54) is 0 Å². The highest BCUT2D eigenvalue weighted by Crippen LogP contribution is 2.68. The fourth-order valence-corrected chi connectivity index (χ4v) is 9.88. The molecule has 0 amide bonds. The van der Waals surface area contributed by atoms with Gasteiger partial charge < -0.3 is 25.5 Å². The molecule has 0 aromatic rings. The van der Waals surface area contributed by atoms with E-state index >= 15 is 0 Å². The number of rotatable bonds is 9. The maximum atomic E-state index is 11.7. The highest BCUT2D eigenvalue weighted by Gasteiger charge is 2.66. The highest BCUT2D eigenvalue weighted by atomic mass is 32.3. The van der Waals surface area contributed by atoms with Gasteiger partial charge >= 0.3 is 10.4 Å². The summed E-state index contributed by atoms with van der Waals surface area (Å²) in [6.45, 7) is 6.12. The molecule has 4 aliphatic carbocycles. The zero-order valence-corrected chi connectivity index (χ0v) is 23.3. The zero-order chi connectivity index (χ0) is 27.3. The molecule has 4 fully saturated rings. The van der Waals surface area contributed by atoms with Crippen molar-refractivity contribution in [3.63, 3.8) is 0 Å². The summed E-state index contributed by atoms with van der Waals surface area (Å²) >= 11 is 0. The molecule has 0 spiro atoms. The fourth-order valence-electron chi connectivity index (χ4n) is 9.51. The minimum atomic E-state index is -4.53. The molecule has 0 aromatic heterocycles. The minimum absolute atomic E-state index is 0.0747. The number of aliphatic hydroxyl groups is 5. The van der Waals surface area contributed by atoms with Gasteiger partial charge in [-0.2, -0.15) is 8.42 Å². The lowest BCUT2D eigenvalue weighted by Gasteiger charge is -2.64. The monoisotopic (exact) mass is 548 g/mol. The maximum absolute atomic E-state index is 11.7. The summed E-state index contributed by atoms with van der Waals surface area (Å²) in [5.74, 6) is 0.727. The van der Waals surface area contributed by atoms with Gasteiger partial charge in [-0.1, -0.05) is 33.6 Å². The van der Waals surface area contributed by atoms with Gasteiger partial charge in [-0.05, 0) is 91.3 Å². The largest absolute Gasteiger partial charge is 0.397 e. The van der Waals surface area contributed by atoms with E-state index in [1.54, 1.807) is 0 Å². The molecular weight excluding hydrogens is 500 g/mol. The molecule has 0 saturated heterocycles. The van der Waals surface area contributed by atoms with E-state index in [-0.39, 0.29) is 59.6 Å². The molecule has 216 valence electrons. The summed E-state index contributed by atoms with van der Waals surface area (Å²) < 4.78 is 34.9. The topological polar surface area (TPSA) is 165 Å². The summed E-state index contributed by atoms with van der Waals surface area (Å²) in [5, 5.41) is 53.5. The molecular formula is C27H48O9S. The third kappa shape index (κ3) is 5.51. The van der Waals surface area contributed by atoms with Crippen LogP contribution in [0.3, 0.4) is 0 Å². The first kappa shape index (κ1) is 29.6. The van der Waals surface area contributed by atoms with Crippen LogP contribution in [0.25, 0.3) is 0 Å². The first-order chi connectivity index (χ1) is 17.2. The van der Waals surface area contributed by atoms with Gasteiger partial charge in [0.25, 0.3) is 0 Å². The smallest absolute Gasteiger partial charge is 0.396 e. The average Bonchev–Trinajstić information content (AvgIpc) is 3.16. The molecule has 0 radical (unpaired) electrons. The molecule has 10 heteroatoms. The third-order valence-electron chi connectivity index (χ3n) is 11.5. The standard InChI is InChI=1S/C27H48O9S/c1-15(5-4-6-16(13-28)14-36-37(33,34)35)18-7-8-19-25-20(11-24(32)27(18,19)3)26(2)12-23(31)21(29)9-17(26)10-22(25)30/h15-25,28-32H,4-14H2,1-3H3,(H,33,34,35)/t15-,16?,17+,18-,19+,20+,21+,22-,23+,24+,25+,26+,27-/m1/s1. The Bertz CT molecular complexity index is 898. The Morgan fingerprint density at radius 1 is 0.946 bits per heavy atom. The van der Waals surface area contributed by atoms with Crippen LogP contribution in [0, 0.1) is 52.3 Å². The number of aliphatic hydroxyl groups excluding tert-OH is 5. The second-order valence-electron chi connectivity index (χ2n) is 13.3. The Hall–Kier alpha value is -0.330. The fraction of sp³-hybridized carbons (Fsp3) is 1.00. The molecule has 9 nitrogen and oxygen atoms in total. The second-order valence-corrected chi connectivity index (χ2v) is 14.4. The van der Waals surface area contributed by atoms with E-state index < -0.39 is 34.8 Å². The minimum Gasteiger partial charge on any atom is -0.396 e. The van der Waals surface area contributed by atoms with Crippen molar-refractivity contribution in [1.29, 1.82) is 0 Å². The van der Waals surface area contributed by atoms with E-state index in [4.69, 9.17) is 4.55 Å². The van der Waals surface area contributed by atoms with Crippen LogP contribution in [0.1, 0.15) is 78.6 Å². The van der Waals surface area contributed by atoms with Crippen LogP contribution in [-0.2, 0) is 14.6 Å². The first-order valence-corrected chi connectivity index (χ1v) is 15.5. The molecule has 0 heterocycles. The number of hydrogen-bond donors (Lipinski definition) is 6. The lowest BCUT2D eigenvalue weighted by Crippen LogP contribution is -2.63. The normalized spacial score (nSPS) is 47.5. The summed E-state index contributed by atoms with van der Waals surface area (Å²) in [7, 11) is -4.53. The summed E-state index contributed by atoms with van der Waals surface area (Å²) in [6.07, 6.45) is 3.90. The van der Waals surface area contributed by atoms with Crippen LogP contribution in [0.5, 0.6) is 0 Å². The van der Waals surface area contributed by atoms with Crippen molar-refractivity contribution in [2.45, 2.75) is 103 Å². The van der Waals surface area contributed by atoms with Gasteiger partial charge in [-0.25, -0.2) is 4.18 Å². The Morgan fingerprint density at radius 3 is 2.27 bits per heavy atom. The molecule has 13 atom stereocenters. The van der Waals surface area contributed by atoms with Crippen LogP contribution >= 0.6 is 0 Å². The lowest BCUT2D eigenvalue weighted by atomic mass is 9.43. The molecule has 1 unspecified atom stereocenters. The van der Waals surface area contributed by atoms with Gasteiger partial charge in [0.2, 0.25) is 0 Å². The summed E-state index contributed by atoms with van der Waals surface area (Å²) in [4.78, 5) is 0. The van der Waals surface area contributed by atoms with Crippen molar-refractivity contribution in [3.05, 3.63) is 0 Å². The van der Waals surface area contributed by atoms with Gasteiger partial charge in [0, 0.05) is 12.5 Å². The molecule has 4 rings (SSSR count). The van der Waals surface area contributed by atoms with E-state index in [1.807, 2.05) is 0 Å². The van der Waals surface area contributed by atoms with Crippen molar-refractivity contribution in [2.24, 2.45) is 52.3 Å². The van der Waals surface area contributed by atoms with Gasteiger partial charge in [0.15, 0.2) is 0 Å². The molecule has 0 bridgehead atoms. The van der Waals surface area contributed by atoms with Crippen molar-refractivity contribution >= 4 is 10.4 Å². The predicted molar refractivity (Wildman–Crippen MR) is 136 cm³/mol. The average molecular weight is 549 g/mol. The zero-order valence-electron chi connectivity index (χ0n) is 22.4.